The van der Waals surface area contributed by atoms with Crippen molar-refractivity contribution < 1.29 is 4.74 Å². The lowest BCUT2D eigenvalue weighted by molar-refractivity contribution is 0.436. The molecule has 0 saturated heterocycles. The van der Waals surface area contributed by atoms with E-state index in [0.717, 1.165) is 45.3 Å². The number of fused-ring (bicyclic) bond motifs is 19. The standard InChI is InChI=1S/C66H41NOS/c1-2-19-42(20-3-1)46-23-8-14-32-58(46)67(59-33-18-31-56-64(59)48-25-7-10-27-51(48)66(56)53-28-11-15-34-60(53)68-61-35-16-12-29-54(61)66)45-37-38-52-49(41-45)47-24-6-9-26-50(47)65(52)55-30-13-17-36-62(55)69-63-40-44-22-5-4-21-43(44)39-57(63)65/h1-41H. The molecule has 1 unspecified atom stereocenters. The van der Waals surface area contributed by atoms with Crippen LogP contribution in [0.2, 0.25) is 0 Å². The zero-order valence-electron chi connectivity index (χ0n) is 37.4. The Morgan fingerprint density at radius 2 is 0.855 bits per heavy atom. The lowest BCUT2D eigenvalue weighted by atomic mass is 9.66. The first-order chi connectivity index (χ1) is 34.2. The van der Waals surface area contributed by atoms with E-state index >= 15 is 0 Å². The van der Waals surface area contributed by atoms with Gasteiger partial charge in [0, 0.05) is 37.7 Å². The van der Waals surface area contributed by atoms with Crippen molar-refractivity contribution in [3.8, 4) is 44.9 Å². The maximum absolute atomic E-state index is 6.75. The van der Waals surface area contributed by atoms with Crippen LogP contribution in [0.3, 0.4) is 0 Å². The quantitative estimate of drug-likeness (QED) is 0.175. The molecule has 0 aromatic heterocycles. The number of para-hydroxylation sites is 3. The second-order valence-corrected chi connectivity index (χ2v) is 19.7. The Hall–Kier alpha value is -8.37. The van der Waals surface area contributed by atoms with Gasteiger partial charge in [-0.2, -0.15) is 0 Å². The molecule has 2 spiro atoms. The highest BCUT2D eigenvalue weighted by atomic mass is 32.2. The number of nitrogens with zero attached hydrogens (tertiary/aromatic N) is 1. The normalized spacial score (nSPS) is 15.8. The maximum Gasteiger partial charge on any atom is 0.132 e. The van der Waals surface area contributed by atoms with E-state index in [1.165, 1.54) is 81.8 Å². The van der Waals surface area contributed by atoms with Gasteiger partial charge in [0.2, 0.25) is 0 Å². The molecule has 0 radical (unpaired) electrons. The van der Waals surface area contributed by atoms with E-state index in [0.29, 0.717) is 0 Å². The number of benzene rings is 11. The van der Waals surface area contributed by atoms with E-state index in [9.17, 15) is 0 Å². The van der Waals surface area contributed by atoms with Crippen LogP contribution in [0, 0.1) is 0 Å². The lowest BCUT2D eigenvalue weighted by Gasteiger charge is -2.40. The minimum absolute atomic E-state index is 0.512. The van der Waals surface area contributed by atoms with Gasteiger partial charge in [-0.25, -0.2) is 0 Å². The van der Waals surface area contributed by atoms with Crippen molar-refractivity contribution >= 4 is 39.6 Å². The van der Waals surface area contributed by atoms with Gasteiger partial charge < -0.3 is 9.64 Å². The van der Waals surface area contributed by atoms with Crippen LogP contribution in [0.15, 0.2) is 259 Å². The highest BCUT2D eigenvalue weighted by Crippen LogP contribution is 2.66. The van der Waals surface area contributed by atoms with E-state index in [1.807, 2.05) is 11.8 Å². The molecule has 69 heavy (non-hydrogen) atoms. The average molecular weight is 896 g/mol. The molecule has 0 amide bonds. The summed E-state index contributed by atoms with van der Waals surface area (Å²) < 4.78 is 6.75. The van der Waals surface area contributed by atoms with E-state index in [-0.39, 0.29) is 0 Å². The summed E-state index contributed by atoms with van der Waals surface area (Å²) in [5, 5.41) is 2.52. The molecule has 1 atom stereocenters. The van der Waals surface area contributed by atoms with E-state index in [2.05, 4.69) is 254 Å². The Balaban J connectivity index is 1.03. The molecular formula is C66H41NOS. The lowest BCUT2D eigenvalue weighted by Crippen LogP contribution is -2.32. The SMILES string of the molecule is c1ccc(-c2ccccc2N(c2ccc3c(c2)-c2ccccc2C32c3ccccc3Sc3cc4ccccc4cc32)c2cccc3c2-c2ccccc2C32c3ccccc3Oc3ccccc32)cc1. The Bertz CT molecular complexity index is 3900. The van der Waals surface area contributed by atoms with Gasteiger partial charge in [-0.05, 0) is 121 Å². The van der Waals surface area contributed by atoms with Crippen LogP contribution >= 0.6 is 11.8 Å². The molecule has 0 bridgehead atoms. The van der Waals surface area contributed by atoms with Crippen LogP contribution < -0.4 is 9.64 Å². The summed E-state index contributed by atoms with van der Waals surface area (Å²) in [4.78, 5) is 5.16. The Morgan fingerprint density at radius 3 is 1.62 bits per heavy atom. The summed E-state index contributed by atoms with van der Waals surface area (Å²) in [6.07, 6.45) is 0. The molecule has 4 aliphatic rings. The first-order valence-corrected chi connectivity index (χ1v) is 24.6. The van der Waals surface area contributed by atoms with Gasteiger partial charge in [0.25, 0.3) is 0 Å². The summed E-state index contributed by atoms with van der Waals surface area (Å²) in [6, 6.07) is 92.4. The fraction of sp³-hybridized carbons (Fsp3) is 0.0303. The molecular weight excluding hydrogens is 855 g/mol. The molecule has 15 rings (SSSR count). The zero-order chi connectivity index (χ0) is 45.3. The van der Waals surface area contributed by atoms with E-state index in [4.69, 9.17) is 4.74 Å². The van der Waals surface area contributed by atoms with Gasteiger partial charge >= 0.3 is 0 Å². The third-order valence-electron chi connectivity index (χ3n) is 15.4. The third kappa shape index (κ3) is 5.17. The van der Waals surface area contributed by atoms with Gasteiger partial charge in [-0.3, -0.25) is 0 Å². The number of rotatable bonds is 4. The fourth-order valence-electron chi connectivity index (χ4n) is 12.7. The first kappa shape index (κ1) is 38.7. The van der Waals surface area contributed by atoms with Gasteiger partial charge in [0.1, 0.15) is 11.5 Å². The Kier molecular flexibility index (Phi) is 8.17. The third-order valence-corrected chi connectivity index (χ3v) is 16.5. The van der Waals surface area contributed by atoms with Gasteiger partial charge in [0.05, 0.1) is 22.2 Å². The summed E-state index contributed by atoms with van der Waals surface area (Å²) in [5.41, 5.74) is 19.6. The van der Waals surface area contributed by atoms with E-state index in [1.54, 1.807) is 0 Å². The van der Waals surface area contributed by atoms with Crippen molar-refractivity contribution in [3.63, 3.8) is 0 Å². The maximum atomic E-state index is 6.75. The molecule has 2 heterocycles. The number of hydrogen-bond donors (Lipinski definition) is 0. The molecule has 2 aliphatic heterocycles. The number of anilines is 3. The summed E-state index contributed by atoms with van der Waals surface area (Å²) >= 11 is 1.90. The second-order valence-electron chi connectivity index (χ2n) is 18.6. The predicted molar refractivity (Wildman–Crippen MR) is 283 cm³/mol. The van der Waals surface area contributed by atoms with Crippen molar-refractivity contribution in [2.75, 3.05) is 4.90 Å². The van der Waals surface area contributed by atoms with Crippen LogP contribution in [0.1, 0.15) is 44.5 Å². The van der Waals surface area contributed by atoms with Gasteiger partial charge in [0.15, 0.2) is 0 Å². The van der Waals surface area contributed by atoms with Crippen molar-refractivity contribution in [3.05, 3.63) is 293 Å². The van der Waals surface area contributed by atoms with Crippen LogP contribution in [-0.4, -0.2) is 0 Å². The summed E-state index contributed by atoms with van der Waals surface area (Å²) in [6.45, 7) is 0. The largest absolute Gasteiger partial charge is 0.457 e. The van der Waals surface area contributed by atoms with Crippen molar-refractivity contribution in [1.29, 1.82) is 0 Å². The molecule has 0 saturated carbocycles. The first-order valence-electron chi connectivity index (χ1n) is 23.8. The molecule has 2 nitrogen and oxygen atoms in total. The Labute approximate surface area is 405 Å². The van der Waals surface area contributed by atoms with Crippen molar-refractivity contribution in [1.82, 2.24) is 0 Å². The summed E-state index contributed by atoms with van der Waals surface area (Å²) in [7, 11) is 0. The van der Waals surface area contributed by atoms with Crippen LogP contribution in [0.5, 0.6) is 11.5 Å². The topological polar surface area (TPSA) is 12.5 Å². The minimum Gasteiger partial charge on any atom is -0.457 e. The molecule has 11 aromatic rings. The molecule has 0 fully saturated rings. The molecule has 2 aliphatic carbocycles. The monoisotopic (exact) mass is 895 g/mol. The molecule has 322 valence electrons. The average Bonchev–Trinajstić information content (AvgIpc) is 3.87. The highest BCUT2D eigenvalue weighted by Gasteiger charge is 2.53. The summed E-state index contributed by atoms with van der Waals surface area (Å²) in [5.74, 6) is 1.78. The van der Waals surface area contributed by atoms with Crippen LogP contribution in [0.4, 0.5) is 17.1 Å². The zero-order valence-corrected chi connectivity index (χ0v) is 38.3. The highest BCUT2D eigenvalue weighted by molar-refractivity contribution is 7.99. The van der Waals surface area contributed by atoms with Gasteiger partial charge in [-0.1, -0.05) is 206 Å². The molecule has 0 N–H and O–H groups in total. The fourth-order valence-corrected chi connectivity index (χ4v) is 13.9. The van der Waals surface area contributed by atoms with E-state index < -0.39 is 10.8 Å². The number of ether oxygens (including phenoxy) is 1. The number of hydrogen-bond acceptors (Lipinski definition) is 3. The molecule has 3 heteroatoms. The second kappa shape index (κ2) is 14.6. The van der Waals surface area contributed by atoms with Crippen LogP contribution in [0.25, 0.3) is 44.2 Å². The van der Waals surface area contributed by atoms with Crippen molar-refractivity contribution in [2.24, 2.45) is 0 Å². The predicted octanol–water partition coefficient (Wildman–Crippen LogP) is 17.3. The van der Waals surface area contributed by atoms with Crippen LogP contribution in [-0.2, 0) is 10.8 Å². The Morgan fingerprint density at radius 1 is 0.319 bits per heavy atom. The molecule has 11 aromatic carbocycles. The smallest absolute Gasteiger partial charge is 0.132 e. The van der Waals surface area contributed by atoms with Crippen molar-refractivity contribution in [2.45, 2.75) is 20.6 Å². The van der Waals surface area contributed by atoms with Gasteiger partial charge in [-0.15, -0.1) is 0 Å². The minimum atomic E-state index is -0.606.